The number of hydrogen-bond acceptors (Lipinski definition) is 3. The molecule has 1 heterocycles. The summed E-state index contributed by atoms with van der Waals surface area (Å²) in [6.45, 7) is 8.19. The first-order valence-electron chi connectivity index (χ1n) is 5.72. The largest absolute Gasteiger partial charge is 0.321 e. The van der Waals surface area contributed by atoms with Crippen LogP contribution in [0.2, 0.25) is 0 Å². The van der Waals surface area contributed by atoms with Crippen LogP contribution in [0.4, 0.5) is 0 Å². The second kappa shape index (κ2) is 4.24. The van der Waals surface area contributed by atoms with Crippen LogP contribution < -0.4 is 5.73 Å². The molecule has 0 bridgehead atoms. The number of nitrogens with two attached hydrogens (primary N) is 1. The van der Waals surface area contributed by atoms with Crippen molar-refractivity contribution in [2.24, 2.45) is 5.73 Å². The number of aromatic nitrogens is 1. The van der Waals surface area contributed by atoms with Gasteiger partial charge in [0.15, 0.2) is 0 Å². The number of hydrogen-bond donors (Lipinski definition) is 1. The smallest absolute Gasteiger partial charge is 0.124 e. The van der Waals surface area contributed by atoms with Crippen molar-refractivity contribution in [1.82, 2.24) is 4.98 Å². The van der Waals surface area contributed by atoms with E-state index < -0.39 is 0 Å². The first-order chi connectivity index (χ1) is 7.89. The van der Waals surface area contributed by atoms with Crippen molar-refractivity contribution < 1.29 is 0 Å². The van der Waals surface area contributed by atoms with Gasteiger partial charge >= 0.3 is 0 Å². The van der Waals surface area contributed by atoms with E-state index in [1.54, 1.807) is 11.3 Å². The van der Waals surface area contributed by atoms with Crippen molar-refractivity contribution in [3.63, 3.8) is 0 Å². The predicted octanol–water partition coefficient (Wildman–Crippen LogP) is 3.62. The maximum Gasteiger partial charge on any atom is 0.124 e. The van der Waals surface area contributed by atoms with Gasteiger partial charge in [-0.15, -0.1) is 11.3 Å². The molecule has 0 amide bonds. The van der Waals surface area contributed by atoms with Crippen LogP contribution in [-0.4, -0.2) is 4.98 Å². The van der Waals surface area contributed by atoms with Crippen molar-refractivity contribution in [2.75, 3.05) is 0 Å². The number of nitrogens with zero attached hydrogens (tertiary/aromatic N) is 1. The third-order valence-electron chi connectivity index (χ3n) is 2.76. The minimum Gasteiger partial charge on any atom is -0.321 e. The summed E-state index contributed by atoms with van der Waals surface area (Å²) in [5.41, 5.74) is 9.34. The van der Waals surface area contributed by atoms with E-state index in [9.17, 15) is 0 Å². The predicted molar refractivity (Wildman–Crippen MR) is 74.2 cm³/mol. The molecule has 0 aliphatic carbocycles. The van der Waals surface area contributed by atoms with Gasteiger partial charge < -0.3 is 5.73 Å². The average Bonchev–Trinajstić information content (AvgIpc) is 2.60. The SMILES string of the molecule is Cc1ccccc1-c1nc(C)c(C(C)(C)N)s1. The summed E-state index contributed by atoms with van der Waals surface area (Å²) >= 11 is 1.70. The van der Waals surface area contributed by atoms with Crippen LogP contribution in [0.3, 0.4) is 0 Å². The maximum absolute atomic E-state index is 6.16. The summed E-state index contributed by atoms with van der Waals surface area (Å²) in [6, 6.07) is 8.32. The van der Waals surface area contributed by atoms with Gasteiger partial charge in [-0.2, -0.15) is 0 Å². The van der Waals surface area contributed by atoms with Crippen molar-refractivity contribution in [3.8, 4) is 10.6 Å². The Morgan fingerprint density at radius 2 is 1.82 bits per heavy atom. The summed E-state index contributed by atoms with van der Waals surface area (Å²) in [4.78, 5) is 5.81. The van der Waals surface area contributed by atoms with Crippen LogP contribution >= 0.6 is 11.3 Å². The van der Waals surface area contributed by atoms with Crippen molar-refractivity contribution in [2.45, 2.75) is 33.2 Å². The summed E-state index contributed by atoms with van der Waals surface area (Å²) in [6.07, 6.45) is 0. The van der Waals surface area contributed by atoms with Gasteiger partial charge in [0.1, 0.15) is 5.01 Å². The Kier molecular flexibility index (Phi) is 3.06. The molecular formula is C14H18N2S. The van der Waals surface area contributed by atoms with Crippen molar-refractivity contribution in [1.29, 1.82) is 0 Å². The van der Waals surface area contributed by atoms with Crippen LogP contribution in [0.5, 0.6) is 0 Å². The molecule has 90 valence electrons. The topological polar surface area (TPSA) is 38.9 Å². The normalized spacial score (nSPS) is 11.8. The van der Waals surface area contributed by atoms with E-state index in [1.165, 1.54) is 11.1 Å². The number of benzene rings is 1. The van der Waals surface area contributed by atoms with E-state index in [2.05, 4.69) is 24.0 Å². The van der Waals surface area contributed by atoms with E-state index >= 15 is 0 Å². The van der Waals surface area contributed by atoms with E-state index in [0.29, 0.717) is 0 Å². The molecule has 3 heteroatoms. The second-order valence-electron chi connectivity index (χ2n) is 4.97. The molecule has 0 saturated carbocycles. The number of rotatable bonds is 2. The Bertz CT molecular complexity index is 535. The average molecular weight is 246 g/mol. The van der Waals surface area contributed by atoms with E-state index in [-0.39, 0.29) is 5.54 Å². The van der Waals surface area contributed by atoms with E-state index in [0.717, 1.165) is 15.6 Å². The third-order valence-corrected chi connectivity index (χ3v) is 4.29. The molecule has 0 spiro atoms. The van der Waals surface area contributed by atoms with Gasteiger partial charge in [0.25, 0.3) is 0 Å². The molecule has 2 aromatic rings. The first-order valence-corrected chi connectivity index (χ1v) is 6.54. The molecule has 0 unspecified atom stereocenters. The lowest BCUT2D eigenvalue weighted by molar-refractivity contribution is 0.562. The van der Waals surface area contributed by atoms with Crippen LogP contribution in [0.15, 0.2) is 24.3 Å². The summed E-state index contributed by atoms with van der Waals surface area (Å²) in [5, 5.41) is 1.06. The first kappa shape index (κ1) is 12.3. The second-order valence-corrected chi connectivity index (χ2v) is 5.97. The molecule has 0 saturated heterocycles. The minimum absolute atomic E-state index is 0.317. The van der Waals surface area contributed by atoms with Gasteiger partial charge in [-0.1, -0.05) is 24.3 Å². The lowest BCUT2D eigenvalue weighted by atomic mass is 10.0. The zero-order valence-electron chi connectivity index (χ0n) is 10.7. The molecule has 17 heavy (non-hydrogen) atoms. The Hall–Kier alpha value is -1.19. The Balaban J connectivity index is 2.53. The van der Waals surface area contributed by atoms with Crippen molar-refractivity contribution >= 4 is 11.3 Å². The Morgan fingerprint density at radius 3 is 2.35 bits per heavy atom. The summed E-state index contributed by atoms with van der Waals surface area (Å²) in [7, 11) is 0. The molecule has 0 fully saturated rings. The van der Waals surface area contributed by atoms with Gasteiger partial charge in [0, 0.05) is 16.0 Å². The fourth-order valence-corrected chi connectivity index (χ4v) is 3.09. The highest BCUT2D eigenvalue weighted by Crippen LogP contribution is 2.34. The zero-order chi connectivity index (χ0) is 12.6. The highest BCUT2D eigenvalue weighted by molar-refractivity contribution is 7.15. The molecule has 1 aromatic carbocycles. The van der Waals surface area contributed by atoms with Gasteiger partial charge in [0.2, 0.25) is 0 Å². The van der Waals surface area contributed by atoms with E-state index in [1.807, 2.05) is 32.9 Å². The molecule has 1 aromatic heterocycles. The van der Waals surface area contributed by atoms with Crippen LogP contribution in [-0.2, 0) is 5.54 Å². The van der Waals surface area contributed by atoms with Crippen LogP contribution in [0, 0.1) is 13.8 Å². The van der Waals surface area contributed by atoms with Crippen molar-refractivity contribution in [3.05, 3.63) is 40.4 Å². The van der Waals surface area contributed by atoms with Crippen LogP contribution in [0.1, 0.15) is 30.0 Å². The van der Waals surface area contributed by atoms with E-state index in [4.69, 9.17) is 5.73 Å². The fourth-order valence-electron chi connectivity index (χ4n) is 1.92. The zero-order valence-corrected chi connectivity index (χ0v) is 11.6. The molecular weight excluding hydrogens is 228 g/mol. The molecule has 2 N–H and O–H groups in total. The standard InChI is InChI=1S/C14H18N2S/c1-9-7-5-6-8-11(9)13-16-10(2)12(17-13)14(3,4)15/h5-8H,15H2,1-4H3. The fraction of sp³-hybridized carbons (Fsp3) is 0.357. The van der Waals surface area contributed by atoms with Gasteiger partial charge in [-0.25, -0.2) is 4.98 Å². The third kappa shape index (κ3) is 2.40. The monoisotopic (exact) mass is 246 g/mol. The van der Waals surface area contributed by atoms with Gasteiger partial charge in [-0.05, 0) is 33.3 Å². The highest BCUT2D eigenvalue weighted by Gasteiger charge is 2.22. The van der Waals surface area contributed by atoms with Gasteiger partial charge in [-0.3, -0.25) is 0 Å². The molecule has 0 atom stereocenters. The maximum atomic E-state index is 6.16. The summed E-state index contributed by atoms with van der Waals surface area (Å²) < 4.78 is 0. The quantitative estimate of drug-likeness (QED) is 0.879. The molecule has 2 nitrogen and oxygen atoms in total. The Labute approximate surface area is 107 Å². The molecule has 0 aliphatic rings. The number of thiazole rings is 1. The van der Waals surface area contributed by atoms with Gasteiger partial charge in [0.05, 0.1) is 5.69 Å². The lowest BCUT2D eigenvalue weighted by Crippen LogP contribution is -2.28. The lowest BCUT2D eigenvalue weighted by Gasteiger charge is -2.16. The molecule has 0 aliphatic heterocycles. The molecule has 2 rings (SSSR count). The van der Waals surface area contributed by atoms with Crippen LogP contribution in [0.25, 0.3) is 10.6 Å². The molecule has 0 radical (unpaired) electrons. The highest BCUT2D eigenvalue weighted by atomic mass is 32.1. The number of aryl methyl sites for hydroxylation is 2. The Morgan fingerprint density at radius 1 is 1.18 bits per heavy atom. The minimum atomic E-state index is -0.317. The summed E-state index contributed by atoms with van der Waals surface area (Å²) in [5.74, 6) is 0.